The topological polar surface area (TPSA) is 29.9 Å². The number of benzene rings is 1. The maximum atomic E-state index is 12.7. The van der Waals surface area contributed by atoms with Gasteiger partial charge in [-0.05, 0) is 49.9 Å². The van der Waals surface area contributed by atoms with Crippen molar-refractivity contribution >= 4 is 34.5 Å². The van der Waals surface area contributed by atoms with Crippen molar-refractivity contribution in [3.63, 3.8) is 0 Å². The van der Waals surface area contributed by atoms with E-state index in [1.165, 1.54) is 6.07 Å². The molecule has 3 nitrogen and oxygen atoms in total. The van der Waals surface area contributed by atoms with Gasteiger partial charge in [0.25, 0.3) is 0 Å². The Bertz CT molecular complexity index is 781. The van der Waals surface area contributed by atoms with E-state index in [1.54, 1.807) is 6.20 Å². The van der Waals surface area contributed by atoms with Gasteiger partial charge in [-0.15, -0.1) is 0 Å². The number of thiocarbonyl (C=S) groups is 1. The van der Waals surface area contributed by atoms with Crippen LogP contribution in [0.2, 0.25) is 5.02 Å². The highest BCUT2D eigenvalue weighted by Gasteiger charge is 2.44. The molecular weight excluding hydrogens is 359 g/mol. The molecule has 1 saturated carbocycles. The second-order valence-corrected chi connectivity index (χ2v) is 6.81. The molecule has 0 aliphatic heterocycles. The molecule has 1 aliphatic rings. The second kappa shape index (κ2) is 6.04. The zero-order valence-electron chi connectivity index (χ0n) is 12.8. The van der Waals surface area contributed by atoms with Crippen molar-refractivity contribution in [3.05, 3.63) is 46.7 Å². The summed E-state index contributed by atoms with van der Waals surface area (Å²) in [6, 6.07) is 3.19. The van der Waals surface area contributed by atoms with Crippen LogP contribution in [0.3, 0.4) is 0 Å². The lowest BCUT2D eigenvalue weighted by Crippen LogP contribution is -2.50. The summed E-state index contributed by atoms with van der Waals surface area (Å²) in [6.45, 7) is 1.94. The molecule has 1 heterocycles. The third-order valence-electron chi connectivity index (χ3n) is 4.30. The Morgan fingerprint density at radius 3 is 2.54 bits per heavy atom. The van der Waals surface area contributed by atoms with Crippen molar-refractivity contribution in [1.82, 2.24) is 9.78 Å². The SMILES string of the molecule is Cc1cnn(C2(C(=S)Nc3ccc(C(F)(F)F)cc3Cl)CCC2)c1. The number of anilines is 1. The van der Waals surface area contributed by atoms with Gasteiger partial charge in [0.1, 0.15) is 10.5 Å². The van der Waals surface area contributed by atoms with E-state index in [-0.39, 0.29) is 5.02 Å². The van der Waals surface area contributed by atoms with Crippen LogP contribution in [0.25, 0.3) is 0 Å². The van der Waals surface area contributed by atoms with E-state index in [0.29, 0.717) is 10.7 Å². The van der Waals surface area contributed by atoms with Gasteiger partial charge in [0.05, 0.1) is 22.5 Å². The summed E-state index contributed by atoms with van der Waals surface area (Å²) in [6.07, 6.45) is 1.93. The molecule has 1 fully saturated rings. The Morgan fingerprint density at radius 1 is 1.38 bits per heavy atom. The number of rotatable bonds is 3. The number of nitrogens with one attached hydrogen (secondary N) is 1. The van der Waals surface area contributed by atoms with Crippen LogP contribution in [0.5, 0.6) is 0 Å². The summed E-state index contributed by atoms with van der Waals surface area (Å²) in [5.41, 5.74) is 0.168. The molecule has 1 aliphatic carbocycles. The van der Waals surface area contributed by atoms with Crippen LogP contribution in [0, 0.1) is 6.92 Å². The van der Waals surface area contributed by atoms with E-state index >= 15 is 0 Å². The van der Waals surface area contributed by atoms with E-state index in [2.05, 4.69) is 10.4 Å². The molecule has 1 aromatic carbocycles. The van der Waals surface area contributed by atoms with Crippen molar-refractivity contribution in [2.75, 3.05) is 5.32 Å². The fourth-order valence-corrected chi connectivity index (χ4v) is 3.39. The number of aromatic nitrogens is 2. The second-order valence-electron chi connectivity index (χ2n) is 5.99. The number of hydrogen-bond acceptors (Lipinski definition) is 2. The molecule has 0 saturated heterocycles. The number of aryl methyl sites for hydroxylation is 1. The molecule has 24 heavy (non-hydrogen) atoms. The van der Waals surface area contributed by atoms with Crippen molar-refractivity contribution in [1.29, 1.82) is 0 Å². The summed E-state index contributed by atoms with van der Waals surface area (Å²) < 4.78 is 40.0. The van der Waals surface area contributed by atoms with Gasteiger partial charge in [-0.25, -0.2) is 0 Å². The van der Waals surface area contributed by atoms with Crippen molar-refractivity contribution in [3.8, 4) is 0 Å². The number of alkyl halides is 3. The molecule has 0 atom stereocenters. The maximum absolute atomic E-state index is 12.7. The zero-order chi connectivity index (χ0) is 17.5. The number of nitrogens with zero attached hydrogens (tertiary/aromatic N) is 2. The van der Waals surface area contributed by atoms with Gasteiger partial charge in [0.15, 0.2) is 0 Å². The van der Waals surface area contributed by atoms with Gasteiger partial charge < -0.3 is 5.32 Å². The fourth-order valence-electron chi connectivity index (χ4n) is 2.75. The largest absolute Gasteiger partial charge is 0.416 e. The Labute approximate surface area is 147 Å². The normalized spacial score (nSPS) is 16.5. The highest BCUT2D eigenvalue weighted by atomic mass is 35.5. The lowest BCUT2D eigenvalue weighted by Gasteiger charge is -2.42. The van der Waals surface area contributed by atoms with Gasteiger partial charge in [-0.2, -0.15) is 18.3 Å². The minimum absolute atomic E-state index is 0.0155. The molecular formula is C16H15ClF3N3S. The summed E-state index contributed by atoms with van der Waals surface area (Å²) in [7, 11) is 0. The molecule has 8 heteroatoms. The van der Waals surface area contributed by atoms with Gasteiger partial charge in [0.2, 0.25) is 0 Å². The standard InChI is InChI=1S/C16H15ClF3N3S/c1-10-8-21-23(9-10)15(5-2-6-15)14(24)22-13-4-3-11(7-12(13)17)16(18,19)20/h3-4,7-9H,2,5-6H2,1H3,(H,22,24). The van der Waals surface area contributed by atoms with E-state index in [1.807, 2.05) is 17.8 Å². The van der Waals surface area contributed by atoms with Crippen LogP contribution in [0.1, 0.15) is 30.4 Å². The lowest BCUT2D eigenvalue weighted by molar-refractivity contribution is -0.137. The molecule has 0 radical (unpaired) electrons. The van der Waals surface area contributed by atoms with Gasteiger partial charge in [-0.1, -0.05) is 23.8 Å². The average Bonchev–Trinajstić information content (AvgIpc) is 2.85. The first-order valence-electron chi connectivity index (χ1n) is 7.42. The molecule has 1 N–H and O–H groups in total. The van der Waals surface area contributed by atoms with E-state index in [0.717, 1.165) is 37.0 Å². The predicted molar refractivity (Wildman–Crippen MR) is 91.5 cm³/mol. The molecule has 1 aromatic heterocycles. The predicted octanol–water partition coefficient (Wildman–Crippen LogP) is 5.18. The molecule has 0 bridgehead atoms. The lowest BCUT2D eigenvalue weighted by atomic mass is 9.76. The van der Waals surface area contributed by atoms with Gasteiger partial charge in [-0.3, -0.25) is 4.68 Å². The molecule has 0 spiro atoms. The maximum Gasteiger partial charge on any atom is 0.416 e. The Hall–Kier alpha value is -1.60. The van der Waals surface area contributed by atoms with Crippen LogP contribution < -0.4 is 5.32 Å². The first kappa shape index (κ1) is 17.2. The third kappa shape index (κ3) is 3.02. The first-order valence-corrected chi connectivity index (χ1v) is 8.21. The smallest absolute Gasteiger partial charge is 0.347 e. The molecule has 128 valence electrons. The van der Waals surface area contributed by atoms with E-state index < -0.39 is 17.3 Å². The van der Waals surface area contributed by atoms with Gasteiger partial charge in [0, 0.05) is 6.20 Å². The minimum Gasteiger partial charge on any atom is -0.347 e. The zero-order valence-corrected chi connectivity index (χ0v) is 14.4. The minimum atomic E-state index is -4.43. The Kier molecular flexibility index (Phi) is 4.34. The van der Waals surface area contributed by atoms with Crippen LogP contribution in [0.15, 0.2) is 30.6 Å². The fraction of sp³-hybridized carbons (Fsp3) is 0.375. The summed E-state index contributed by atoms with van der Waals surface area (Å²) in [5.74, 6) is 0. The Morgan fingerprint density at radius 2 is 2.08 bits per heavy atom. The van der Waals surface area contributed by atoms with Crippen LogP contribution >= 0.6 is 23.8 Å². The molecule has 0 amide bonds. The van der Waals surface area contributed by atoms with E-state index in [4.69, 9.17) is 23.8 Å². The van der Waals surface area contributed by atoms with Crippen LogP contribution in [-0.2, 0) is 11.7 Å². The molecule has 0 unspecified atom stereocenters. The summed E-state index contributed by atoms with van der Waals surface area (Å²) in [5, 5.41) is 7.34. The number of halogens is 4. The summed E-state index contributed by atoms with van der Waals surface area (Å²) in [4.78, 5) is 0.513. The third-order valence-corrected chi connectivity index (χ3v) is 5.09. The molecule has 3 rings (SSSR count). The highest BCUT2D eigenvalue weighted by molar-refractivity contribution is 7.80. The van der Waals surface area contributed by atoms with Crippen molar-refractivity contribution in [2.45, 2.75) is 37.9 Å². The van der Waals surface area contributed by atoms with Gasteiger partial charge >= 0.3 is 6.18 Å². The highest BCUT2D eigenvalue weighted by Crippen LogP contribution is 2.41. The monoisotopic (exact) mass is 373 g/mol. The first-order chi connectivity index (χ1) is 11.2. The average molecular weight is 374 g/mol. The van der Waals surface area contributed by atoms with Crippen LogP contribution in [-0.4, -0.2) is 14.8 Å². The summed E-state index contributed by atoms with van der Waals surface area (Å²) >= 11 is 11.5. The molecule has 2 aromatic rings. The van der Waals surface area contributed by atoms with Crippen molar-refractivity contribution < 1.29 is 13.2 Å². The van der Waals surface area contributed by atoms with E-state index in [9.17, 15) is 13.2 Å². The van der Waals surface area contributed by atoms with Crippen molar-refractivity contribution in [2.24, 2.45) is 0 Å². The number of hydrogen-bond donors (Lipinski definition) is 1. The quantitative estimate of drug-likeness (QED) is 0.751. The Balaban J connectivity index is 1.84. The van der Waals surface area contributed by atoms with Crippen LogP contribution in [0.4, 0.5) is 18.9 Å².